The molecule has 0 atom stereocenters. The fourth-order valence-electron chi connectivity index (χ4n) is 3.06. The van der Waals surface area contributed by atoms with Crippen molar-refractivity contribution in [2.75, 3.05) is 18.1 Å². The van der Waals surface area contributed by atoms with Gasteiger partial charge < -0.3 is 4.74 Å². The van der Waals surface area contributed by atoms with Gasteiger partial charge in [-0.25, -0.2) is 0 Å². The maximum Gasteiger partial charge on any atom is 0.119 e. The van der Waals surface area contributed by atoms with Gasteiger partial charge in [-0.05, 0) is 53.7 Å². The third-order valence-corrected chi connectivity index (χ3v) is 7.59. The van der Waals surface area contributed by atoms with Crippen LogP contribution in [-0.2, 0) is 0 Å². The molecule has 0 unspecified atom stereocenters. The predicted octanol–water partition coefficient (Wildman–Crippen LogP) is 8.50. The molecule has 0 fully saturated rings. The van der Waals surface area contributed by atoms with Crippen LogP contribution >= 0.6 is 35.7 Å². The van der Waals surface area contributed by atoms with Gasteiger partial charge in [0.25, 0.3) is 0 Å². The van der Waals surface area contributed by atoms with E-state index in [4.69, 9.17) is 17.0 Å². The molecule has 0 aliphatic heterocycles. The Hall–Kier alpha value is -0.710. The van der Waals surface area contributed by atoms with Gasteiger partial charge in [0, 0.05) is 0 Å². The van der Waals surface area contributed by atoms with Crippen LogP contribution in [0.3, 0.4) is 0 Å². The van der Waals surface area contributed by atoms with Crippen LogP contribution in [0.2, 0.25) is 0 Å². The molecule has 0 aliphatic carbocycles. The van der Waals surface area contributed by atoms with E-state index >= 15 is 0 Å². The van der Waals surface area contributed by atoms with Crippen molar-refractivity contribution >= 4 is 50.0 Å². The number of fused-ring (bicyclic) bond motifs is 1. The molecule has 28 heavy (non-hydrogen) atoms. The average Bonchev–Trinajstić information content (AvgIpc) is 2.72. The molecule has 2 aromatic rings. The molecule has 0 amide bonds. The van der Waals surface area contributed by atoms with Crippen molar-refractivity contribution in [3.8, 4) is 5.75 Å². The third-order valence-electron chi connectivity index (χ3n) is 4.72. The standard InChI is InChI=1S/C24H34OS3/c1-2-3-4-5-6-7-11-18-27-24(26)28-19-12-10-17-25-23-16-15-21-13-8-9-14-22(21)20-23/h8-9,13-16,20H,2-7,10-12,17-19H2,1H3. The monoisotopic (exact) mass is 434 g/mol. The second-order valence-electron chi connectivity index (χ2n) is 7.13. The average molecular weight is 435 g/mol. The Balaban J connectivity index is 1.43. The molecule has 0 aromatic heterocycles. The fourth-order valence-corrected chi connectivity index (χ4v) is 5.43. The molecule has 0 bridgehead atoms. The van der Waals surface area contributed by atoms with Crippen molar-refractivity contribution in [3.63, 3.8) is 0 Å². The van der Waals surface area contributed by atoms with Gasteiger partial charge in [-0.2, -0.15) is 0 Å². The van der Waals surface area contributed by atoms with E-state index < -0.39 is 0 Å². The molecule has 0 N–H and O–H groups in total. The molecule has 0 saturated carbocycles. The topological polar surface area (TPSA) is 9.23 Å². The van der Waals surface area contributed by atoms with E-state index in [1.165, 1.54) is 61.5 Å². The summed E-state index contributed by atoms with van der Waals surface area (Å²) >= 11 is 9.19. The van der Waals surface area contributed by atoms with E-state index in [0.29, 0.717) is 0 Å². The molecular formula is C24H34OS3. The minimum atomic E-state index is 0.775. The van der Waals surface area contributed by atoms with Gasteiger partial charge >= 0.3 is 0 Å². The minimum absolute atomic E-state index is 0.775. The summed E-state index contributed by atoms with van der Waals surface area (Å²) in [5, 5.41) is 2.49. The predicted molar refractivity (Wildman–Crippen MR) is 134 cm³/mol. The Labute approximate surface area is 185 Å². The lowest BCUT2D eigenvalue weighted by Gasteiger charge is -2.07. The summed E-state index contributed by atoms with van der Waals surface area (Å²) in [6.45, 7) is 3.05. The number of unbranched alkanes of at least 4 members (excludes halogenated alkanes) is 7. The second kappa shape index (κ2) is 15.2. The summed E-state index contributed by atoms with van der Waals surface area (Å²) in [5.74, 6) is 3.25. The summed E-state index contributed by atoms with van der Waals surface area (Å²) < 4.78 is 7.01. The summed E-state index contributed by atoms with van der Waals surface area (Å²) in [6, 6.07) is 14.7. The first-order valence-corrected chi connectivity index (χ1v) is 13.1. The molecule has 2 aromatic carbocycles. The zero-order chi connectivity index (χ0) is 19.9. The van der Waals surface area contributed by atoms with Crippen LogP contribution in [0.4, 0.5) is 0 Å². The van der Waals surface area contributed by atoms with Crippen LogP contribution in [0.5, 0.6) is 5.75 Å². The minimum Gasteiger partial charge on any atom is -0.494 e. The Kier molecular flexibility index (Phi) is 12.8. The number of thiocarbonyl (C=S) groups is 1. The van der Waals surface area contributed by atoms with Crippen molar-refractivity contribution in [2.45, 2.75) is 64.7 Å². The molecule has 0 saturated heterocycles. The molecule has 154 valence electrons. The van der Waals surface area contributed by atoms with E-state index in [0.717, 1.165) is 34.5 Å². The van der Waals surface area contributed by atoms with Gasteiger partial charge in [0.2, 0.25) is 0 Å². The summed E-state index contributed by atoms with van der Waals surface area (Å²) in [4.78, 5) is 0. The molecule has 0 aliphatic rings. The highest BCUT2D eigenvalue weighted by Gasteiger charge is 2.01. The Bertz CT molecular complexity index is 686. The third kappa shape index (κ3) is 10.2. The number of rotatable bonds is 14. The quantitative estimate of drug-likeness (QED) is 0.217. The Morgan fingerprint density at radius 3 is 2.18 bits per heavy atom. The molecule has 0 radical (unpaired) electrons. The van der Waals surface area contributed by atoms with E-state index in [9.17, 15) is 0 Å². The molecule has 4 heteroatoms. The lowest BCUT2D eigenvalue weighted by atomic mass is 10.1. The van der Waals surface area contributed by atoms with Gasteiger partial charge in [-0.15, -0.1) is 23.5 Å². The van der Waals surface area contributed by atoms with Crippen LogP contribution in [-0.4, -0.2) is 21.6 Å². The van der Waals surface area contributed by atoms with Crippen LogP contribution in [0.1, 0.15) is 64.7 Å². The smallest absolute Gasteiger partial charge is 0.119 e. The number of ether oxygens (including phenoxy) is 1. The number of hydrogen-bond acceptors (Lipinski definition) is 4. The van der Waals surface area contributed by atoms with Crippen LogP contribution in [0.25, 0.3) is 10.8 Å². The fraction of sp³-hybridized carbons (Fsp3) is 0.542. The zero-order valence-corrected chi connectivity index (χ0v) is 19.6. The summed E-state index contributed by atoms with van der Waals surface area (Å²) in [7, 11) is 0. The molecule has 1 nitrogen and oxygen atoms in total. The lowest BCUT2D eigenvalue weighted by molar-refractivity contribution is 0.310. The number of hydrogen-bond donors (Lipinski definition) is 0. The van der Waals surface area contributed by atoms with Gasteiger partial charge in [-0.1, -0.05) is 88.0 Å². The van der Waals surface area contributed by atoms with Gasteiger partial charge in [0.1, 0.15) is 9.28 Å². The van der Waals surface area contributed by atoms with Gasteiger partial charge in [0.15, 0.2) is 0 Å². The lowest BCUT2D eigenvalue weighted by Crippen LogP contribution is -1.98. The first-order chi connectivity index (χ1) is 13.8. The second-order valence-corrected chi connectivity index (χ2v) is 10.5. The van der Waals surface area contributed by atoms with E-state index in [1.54, 1.807) is 0 Å². The highest BCUT2D eigenvalue weighted by molar-refractivity contribution is 8.47. The van der Waals surface area contributed by atoms with Gasteiger partial charge in [0.05, 0.1) is 6.61 Å². The number of thioether (sulfide) groups is 2. The Morgan fingerprint density at radius 2 is 1.43 bits per heavy atom. The van der Waals surface area contributed by atoms with Crippen molar-refractivity contribution in [3.05, 3.63) is 42.5 Å². The maximum absolute atomic E-state index is 5.90. The van der Waals surface area contributed by atoms with Crippen molar-refractivity contribution in [1.29, 1.82) is 0 Å². The highest BCUT2D eigenvalue weighted by Crippen LogP contribution is 2.22. The highest BCUT2D eigenvalue weighted by atomic mass is 32.2. The number of benzene rings is 2. The summed E-state index contributed by atoms with van der Waals surface area (Å²) in [5.41, 5.74) is 0. The van der Waals surface area contributed by atoms with E-state index in [1.807, 2.05) is 23.5 Å². The molecule has 0 spiro atoms. The zero-order valence-electron chi connectivity index (χ0n) is 17.2. The van der Waals surface area contributed by atoms with Crippen molar-refractivity contribution < 1.29 is 4.74 Å². The largest absolute Gasteiger partial charge is 0.494 e. The van der Waals surface area contributed by atoms with E-state index in [-0.39, 0.29) is 0 Å². The van der Waals surface area contributed by atoms with Crippen molar-refractivity contribution in [2.24, 2.45) is 0 Å². The molecule has 0 heterocycles. The van der Waals surface area contributed by atoms with Crippen LogP contribution in [0.15, 0.2) is 42.5 Å². The first kappa shape index (κ1) is 23.6. The SMILES string of the molecule is CCCCCCCCCSC(=S)SCCCCOc1ccc2ccccc2c1. The molecular weight excluding hydrogens is 400 g/mol. The van der Waals surface area contributed by atoms with Crippen LogP contribution < -0.4 is 4.74 Å². The molecule has 2 rings (SSSR count). The van der Waals surface area contributed by atoms with Crippen molar-refractivity contribution in [1.82, 2.24) is 0 Å². The summed E-state index contributed by atoms with van der Waals surface area (Å²) in [6.07, 6.45) is 11.8. The maximum atomic E-state index is 5.90. The van der Waals surface area contributed by atoms with Crippen LogP contribution in [0, 0.1) is 0 Å². The van der Waals surface area contributed by atoms with E-state index in [2.05, 4.69) is 49.4 Å². The van der Waals surface area contributed by atoms with Gasteiger partial charge in [-0.3, -0.25) is 0 Å². The Morgan fingerprint density at radius 1 is 0.786 bits per heavy atom. The normalized spacial score (nSPS) is 11.0. The first-order valence-electron chi connectivity index (χ1n) is 10.7.